The van der Waals surface area contributed by atoms with Gasteiger partial charge in [0.15, 0.2) is 0 Å². The van der Waals surface area contributed by atoms with Crippen molar-refractivity contribution in [3.05, 3.63) is 23.8 Å². The number of amides is 1. The Bertz CT molecular complexity index is 455. The van der Waals surface area contributed by atoms with E-state index in [0.29, 0.717) is 23.3 Å². The van der Waals surface area contributed by atoms with Gasteiger partial charge in [-0.15, -0.1) is 0 Å². The van der Waals surface area contributed by atoms with Gasteiger partial charge in [0.25, 0.3) is 5.91 Å². The average molecular weight is 261 g/mol. The molecule has 0 heterocycles. The van der Waals surface area contributed by atoms with Gasteiger partial charge in [0, 0.05) is 23.5 Å². The highest BCUT2D eigenvalue weighted by molar-refractivity contribution is 6.00. The van der Waals surface area contributed by atoms with E-state index in [-0.39, 0.29) is 5.91 Å². The predicted octanol–water partition coefficient (Wildman–Crippen LogP) is 2.76. The SMILES string of the molecule is CCC[C@H](C)Nc1ccc(N)cc1C(=O)NC1CC1. The lowest BCUT2D eigenvalue weighted by Crippen LogP contribution is -2.27. The molecule has 0 unspecified atom stereocenters. The molecule has 1 aliphatic carbocycles. The third kappa shape index (κ3) is 3.88. The van der Waals surface area contributed by atoms with Crippen molar-refractivity contribution in [3.8, 4) is 0 Å². The van der Waals surface area contributed by atoms with Crippen LogP contribution in [0.2, 0.25) is 0 Å². The van der Waals surface area contributed by atoms with Gasteiger partial charge in [0.2, 0.25) is 0 Å². The summed E-state index contributed by atoms with van der Waals surface area (Å²) in [5, 5.41) is 6.41. The fourth-order valence-corrected chi connectivity index (χ4v) is 2.14. The first-order valence-corrected chi connectivity index (χ1v) is 7.07. The summed E-state index contributed by atoms with van der Waals surface area (Å²) in [6.45, 7) is 4.28. The molecule has 1 aromatic carbocycles. The van der Waals surface area contributed by atoms with E-state index in [1.165, 1.54) is 0 Å². The van der Waals surface area contributed by atoms with Crippen LogP contribution < -0.4 is 16.4 Å². The van der Waals surface area contributed by atoms with Crippen LogP contribution in [-0.2, 0) is 0 Å². The van der Waals surface area contributed by atoms with E-state index in [1.54, 1.807) is 6.07 Å². The average Bonchev–Trinajstić information content (AvgIpc) is 3.15. The molecule has 1 aliphatic rings. The fraction of sp³-hybridized carbons (Fsp3) is 0.533. The molecule has 1 fully saturated rings. The summed E-state index contributed by atoms with van der Waals surface area (Å²) in [4.78, 5) is 12.2. The minimum atomic E-state index is -0.0269. The largest absolute Gasteiger partial charge is 0.399 e. The quantitative estimate of drug-likeness (QED) is 0.690. The Kier molecular flexibility index (Phi) is 4.30. The summed E-state index contributed by atoms with van der Waals surface area (Å²) in [5.41, 5.74) is 7.93. The summed E-state index contributed by atoms with van der Waals surface area (Å²) in [7, 11) is 0. The maximum atomic E-state index is 12.2. The first-order valence-electron chi connectivity index (χ1n) is 7.07. The van der Waals surface area contributed by atoms with Gasteiger partial charge in [-0.2, -0.15) is 0 Å². The van der Waals surface area contributed by atoms with Crippen LogP contribution in [0.5, 0.6) is 0 Å². The van der Waals surface area contributed by atoms with E-state index >= 15 is 0 Å². The highest BCUT2D eigenvalue weighted by Gasteiger charge is 2.25. The van der Waals surface area contributed by atoms with Gasteiger partial charge in [-0.05, 0) is 44.4 Å². The number of nitrogen functional groups attached to an aromatic ring is 1. The van der Waals surface area contributed by atoms with Gasteiger partial charge in [-0.25, -0.2) is 0 Å². The maximum absolute atomic E-state index is 12.2. The molecule has 0 saturated heterocycles. The van der Waals surface area contributed by atoms with Crippen molar-refractivity contribution in [2.45, 2.75) is 51.6 Å². The topological polar surface area (TPSA) is 67.1 Å². The van der Waals surface area contributed by atoms with Crippen LogP contribution in [0.1, 0.15) is 49.9 Å². The Labute approximate surface area is 114 Å². The van der Waals surface area contributed by atoms with Crippen LogP contribution in [0.25, 0.3) is 0 Å². The van der Waals surface area contributed by atoms with Crippen LogP contribution in [0.15, 0.2) is 18.2 Å². The number of anilines is 2. The zero-order valence-electron chi connectivity index (χ0n) is 11.7. The Morgan fingerprint density at radius 1 is 1.47 bits per heavy atom. The van der Waals surface area contributed by atoms with Crippen molar-refractivity contribution in [1.82, 2.24) is 5.32 Å². The fourth-order valence-electron chi connectivity index (χ4n) is 2.14. The lowest BCUT2D eigenvalue weighted by atomic mass is 10.1. The van der Waals surface area contributed by atoms with Crippen LogP contribution in [0.3, 0.4) is 0 Å². The lowest BCUT2D eigenvalue weighted by Gasteiger charge is -2.18. The summed E-state index contributed by atoms with van der Waals surface area (Å²) < 4.78 is 0. The Morgan fingerprint density at radius 2 is 2.21 bits per heavy atom. The van der Waals surface area contributed by atoms with Crippen molar-refractivity contribution in [2.75, 3.05) is 11.1 Å². The van der Waals surface area contributed by atoms with Gasteiger partial charge in [0.05, 0.1) is 5.56 Å². The minimum absolute atomic E-state index is 0.0269. The van der Waals surface area contributed by atoms with E-state index in [4.69, 9.17) is 5.73 Å². The molecule has 0 spiro atoms. The second-order valence-corrected chi connectivity index (χ2v) is 5.39. The number of carbonyl (C=O) groups excluding carboxylic acids is 1. The molecule has 2 rings (SSSR count). The van der Waals surface area contributed by atoms with E-state index in [1.807, 2.05) is 12.1 Å². The summed E-state index contributed by atoms with van der Waals surface area (Å²) in [5.74, 6) is -0.0269. The molecule has 1 atom stereocenters. The van der Waals surface area contributed by atoms with E-state index in [9.17, 15) is 4.79 Å². The first kappa shape index (κ1) is 13.7. The number of nitrogens with one attached hydrogen (secondary N) is 2. The van der Waals surface area contributed by atoms with Crippen molar-refractivity contribution < 1.29 is 4.79 Å². The van der Waals surface area contributed by atoms with Gasteiger partial charge >= 0.3 is 0 Å². The second-order valence-electron chi connectivity index (χ2n) is 5.39. The summed E-state index contributed by atoms with van der Waals surface area (Å²) >= 11 is 0. The zero-order chi connectivity index (χ0) is 13.8. The third-order valence-electron chi connectivity index (χ3n) is 3.32. The number of nitrogens with two attached hydrogens (primary N) is 1. The smallest absolute Gasteiger partial charge is 0.253 e. The molecule has 1 amide bonds. The minimum Gasteiger partial charge on any atom is -0.399 e. The normalized spacial score (nSPS) is 15.9. The molecule has 0 radical (unpaired) electrons. The number of carbonyl (C=O) groups is 1. The number of rotatable bonds is 6. The summed E-state index contributed by atoms with van der Waals surface area (Å²) in [6.07, 6.45) is 4.37. The first-order chi connectivity index (χ1) is 9.10. The molecule has 19 heavy (non-hydrogen) atoms. The van der Waals surface area contributed by atoms with Crippen LogP contribution in [-0.4, -0.2) is 18.0 Å². The molecule has 0 aromatic heterocycles. The highest BCUT2D eigenvalue weighted by Crippen LogP contribution is 2.24. The van der Waals surface area contributed by atoms with Crippen LogP contribution in [0.4, 0.5) is 11.4 Å². The second kappa shape index (κ2) is 5.95. The number of benzene rings is 1. The van der Waals surface area contributed by atoms with Gasteiger partial charge in [-0.1, -0.05) is 13.3 Å². The van der Waals surface area contributed by atoms with Crippen LogP contribution in [0, 0.1) is 0 Å². The lowest BCUT2D eigenvalue weighted by molar-refractivity contribution is 0.0952. The molecule has 104 valence electrons. The van der Waals surface area contributed by atoms with Crippen molar-refractivity contribution in [3.63, 3.8) is 0 Å². The Hall–Kier alpha value is -1.71. The standard InChI is InChI=1S/C15H23N3O/c1-3-4-10(2)17-14-8-5-11(16)9-13(14)15(19)18-12-6-7-12/h5,8-10,12,17H,3-4,6-7,16H2,1-2H3,(H,18,19)/t10-/m0/s1. The van der Waals surface area contributed by atoms with Crippen molar-refractivity contribution in [1.29, 1.82) is 0 Å². The van der Waals surface area contributed by atoms with E-state index in [2.05, 4.69) is 24.5 Å². The molecular formula is C15H23N3O. The molecule has 4 N–H and O–H groups in total. The van der Waals surface area contributed by atoms with Gasteiger partial charge in [-0.3, -0.25) is 4.79 Å². The van der Waals surface area contributed by atoms with Crippen LogP contribution >= 0.6 is 0 Å². The van der Waals surface area contributed by atoms with Gasteiger partial charge in [0.1, 0.15) is 0 Å². The molecule has 0 bridgehead atoms. The highest BCUT2D eigenvalue weighted by atomic mass is 16.1. The molecule has 1 aromatic rings. The zero-order valence-corrected chi connectivity index (χ0v) is 11.7. The molecule has 4 heteroatoms. The Morgan fingerprint density at radius 3 is 2.84 bits per heavy atom. The predicted molar refractivity (Wildman–Crippen MR) is 79.3 cm³/mol. The van der Waals surface area contributed by atoms with E-state index < -0.39 is 0 Å². The number of hydrogen-bond donors (Lipinski definition) is 3. The summed E-state index contributed by atoms with van der Waals surface area (Å²) in [6, 6.07) is 6.17. The van der Waals surface area contributed by atoms with Gasteiger partial charge < -0.3 is 16.4 Å². The van der Waals surface area contributed by atoms with E-state index in [0.717, 1.165) is 31.4 Å². The molecule has 1 saturated carbocycles. The Balaban J connectivity index is 2.13. The number of hydrogen-bond acceptors (Lipinski definition) is 3. The molecular weight excluding hydrogens is 238 g/mol. The third-order valence-corrected chi connectivity index (χ3v) is 3.32. The van der Waals surface area contributed by atoms with Crippen molar-refractivity contribution >= 4 is 17.3 Å². The maximum Gasteiger partial charge on any atom is 0.253 e. The molecule has 4 nitrogen and oxygen atoms in total. The monoisotopic (exact) mass is 261 g/mol. The van der Waals surface area contributed by atoms with Crippen molar-refractivity contribution in [2.24, 2.45) is 0 Å². The molecule has 0 aliphatic heterocycles.